The molecule has 1 rings (SSSR count). The Kier molecular flexibility index (Phi) is 4.41. The van der Waals surface area contributed by atoms with Crippen molar-refractivity contribution < 1.29 is 0 Å². The van der Waals surface area contributed by atoms with E-state index in [-0.39, 0.29) is 0 Å². The molecule has 1 atom stereocenters. The zero-order chi connectivity index (χ0) is 9.68. The Labute approximate surface area is 83.3 Å². The lowest BCUT2D eigenvalue weighted by Crippen LogP contribution is -2.22. The van der Waals surface area contributed by atoms with Crippen molar-refractivity contribution in [3.63, 3.8) is 0 Å². The zero-order valence-electron chi connectivity index (χ0n) is 8.46. The van der Waals surface area contributed by atoms with Crippen molar-refractivity contribution in [2.75, 3.05) is 13.1 Å². The second-order valence-electron chi connectivity index (χ2n) is 3.21. The lowest BCUT2D eigenvalue weighted by molar-refractivity contribution is 0.296. The molecule has 72 valence electrons. The van der Waals surface area contributed by atoms with Gasteiger partial charge in [-0.15, -0.1) is 9.24 Å². The van der Waals surface area contributed by atoms with Gasteiger partial charge in [0.2, 0.25) is 0 Å². The third-order valence-electron chi connectivity index (χ3n) is 2.25. The van der Waals surface area contributed by atoms with E-state index in [0.717, 1.165) is 19.6 Å². The highest BCUT2D eigenvalue weighted by Crippen LogP contribution is 2.03. The van der Waals surface area contributed by atoms with Crippen LogP contribution in [0.3, 0.4) is 0 Å². The Hall–Kier alpha value is -0.390. The maximum absolute atomic E-state index is 2.74. The van der Waals surface area contributed by atoms with Gasteiger partial charge in [0.1, 0.15) is 0 Å². The molecule has 1 unspecified atom stereocenters. The average Bonchev–Trinajstić information content (AvgIpc) is 2.14. The van der Waals surface area contributed by atoms with E-state index < -0.39 is 0 Å². The summed E-state index contributed by atoms with van der Waals surface area (Å²) in [6.07, 6.45) is 0. The van der Waals surface area contributed by atoms with Crippen LogP contribution in [0.2, 0.25) is 0 Å². The predicted molar refractivity (Wildman–Crippen MR) is 62.4 cm³/mol. The van der Waals surface area contributed by atoms with Gasteiger partial charge in [-0.25, -0.2) is 0 Å². The van der Waals surface area contributed by atoms with Gasteiger partial charge in [-0.2, -0.15) is 0 Å². The molecule has 2 heteroatoms. The fraction of sp³-hybridized carbons (Fsp3) is 0.455. The van der Waals surface area contributed by atoms with Crippen LogP contribution in [-0.2, 0) is 6.54 Å². The van der Waals surface area contributed by atoms with Crippen LogP contribution in [0.15, 0.2) is 24.3 Å². The summed E-state index contributed by atoms with van der Waals surface area (Å²) >= 11 is 0. The Balaban J connectivity index is 2.62. The summed E-state index contributed by atoms with van der Waals surface area (Å²) in [7, 11) is 2.74. The zero-order valence-corrected chi connectivity index (χ0v) is 9.61. The van der Waals surface area contributed by atoms with Crippen molar-refractivity contribution in [2.45, 2.75) is 20.4 Å². The van der Waals surface area contributed by atoms with Crippen LogP contribution >= 0.6 is 9.24 Å². The van der Waals surface area contributed by atoms with E-state index >= 15 is 0 Å². The first-order valence-electron chi connectivity index (χ1n) is 4.83. The Morgan fingerprint density at radius 3 is 2.46 bits per heavy atom. The molecule has 0 saturated heterocycles. The van der Waals surface area contributed by atoms with Crippen LogP contribution in [0.25, 0.3) is 0 Å². The first-order valence-corrected chi connectivity index (χ1v) is 5.40. The number of benzene rings is 1. The van der Waals surface area contributed by atoms with Crippen LogP contribution in [0, 0.1) is 0 Å². The van der Waals surface area contributed by atoms with E-state index in [1.165, 1.54) is 10.9 Å². The third-order valence-corrected chi connectivity index (χ3v) is 2.61. The molecule has 0 saturated carbocycles. The summed E-state index contributed by atoms with van der Waals surface area (Å²) in [6.45, 7) is 7.71. The summed E-state index contributed by atoms with van der Waals surface area (Å²) in [5.74, 6) is 0. The lowest BCUT2D eigenvalue weighted by Gasteiger charge is -2.17. The maximum Gasteiger partial charge on any atom is 0.0233 e. The molecule has 0 bridgehead atoms. The summed E-state index contributed by atoms with van der Waals surface area (Å²) in [5.41, 5.74) is 1.40. The lowest BCUT2D eigenvalue weighted by atomic mass is 10.2. The third kappa shape index (κ3) is 3.46. The smallest absolute Gasteiger partial charge is 0.0233 e. The first-order chi connectivity index (χ1) is 6.26. The Morgan fingerprint density at radius 2 is 1.92 bits per heavy atom. The largest absolute Gasteiger partial charge is 0.300 e. The monoisotopic (exact) mass is 195 g/mol. The molecule has 0 aliphatic heterocycles. The van der Waals surface area contributed by atoms with Gasteiger partial charge in [0.25, 0.3) is 0 Å². The minimum atomic E-state index is 1.06. The molecular formula is C11H18NP. The highest BCUT2D eigenvalue weighted by Gasteiger charge is 1.99. The van der Waals surface area contributed by atoms with Crippen LogP contribution in [0.1, 0.15) is 19.4 Å². The molecule has 1 aromatic rings. The molecule has 1 aromatic carbocycles. The van der Waals surface area contributed by atoms with Gasteiger partial charge in [-0.05, 0) is 24.0 Å². The fourth-order valence-electron chi connectivity index (χ4n) is 1.40. The molecule has 13 heavy (non-hydrogen) atoms. The van der Waals surface area contributed by atoms with Crippen molar-refractivity contribution in [3.8, 4) is 0 Å². The molecule has 1 nitrogen and oxygen atoms in total. The number of hydrogen-bond donors (Lipinski definition) is 0. The fourth-order valence-corrected chi connectivity index (χ4v) is 1.72. The van der Waals surface area contributed by atoms with Gasteiger partial charge < -0.3 is 0 Å². The van der Waals surface area contributed by atoms with E-state index in [4.69, 9.17) is 0 Å². The van der Waals surface area contributed by atoms with Crippen LogP contribution < -0.4 is 5.30 Å². The molecule has 0 aliphatic carbocycles. The Morgan fingerprint density at radius 1 is 1.23 bits per heavy atom. The first kappa shape index (κ1) is 10.7. The van der Waals surface area contributed by atoms with Crippen molar-refractivity contribution in [1.82, 2.24) is 4.90 Å². The molecule has 0 radical (unpaired) electrons. The van der Waals surface area contributed by atoms with Crippen molar-refractivity contribution in [2.24, 2.45) is 0 Å². The quantitative estimate of drug-likeness (QED) is 0.664. The maximum atomic E-state index is 2.74. The highest BCUT2D eigenvalue weighted by molar-refractivity contribution is 7.27. The van der Waals surface area contributed by atoms with Crippen LogP contribution in [-0.4, -0.2) is 18.0 Å². The number of nitrogens with zero attached hydrogens (tertiary/aromatic N) is 1. The molecule has 0 aromatic heterocycles. The Bertz CT molecular complexity index is 256. The second-order valence-corrected chi connectivity index (χ2v) is 3.87. The van der Waals surface area contributed by atoms with Crippen LogP contribution in [0.4, 0.5) is 0 Å². The van der Waals surface area contributed by atoms with Crippen molar-refractivity contribution >= 4 is 14.5 Å². The predicted octanol–water partition coefficient (Wildman–Crippen LogP) is 2.03. The van der Waals surface area contributed by atoms with Gasteiger partial charge in [0.05, 0.1) is 0 Å². The van der Waals surface area contributed by atoms with Gasteiger partial charge >= 0.3 is 0 Å². The van der Waals surface area contributed by atoms with Crippen molar-refractivity contribution in [1.29, 1.82) is 0 Å². The minimum Gasteiger partial charge on any atom is -0.300 e. The normalized spacial score (nSPS) is 10.8. The molecule has 0 fully saturated rings. The van der Waals surface area contributed by atoms with E-state index in [1.807, 2.05) is 0 Å². The van der Waals surface area contributed by atoms with Crippen LogP contribution in [0.5, 0.6) is 0 Å². The van der Waals surface area contributed by atoms with E-state index in [2.05, 4.69) is 52.3 Å². The van der Waals surface area contributed by atoms with E-state index in [1.54, 1.807) is 0 Å². The van der Waals surface area contributed by atoms with Gasteiger partial charge in [0, 0.05) is 6.54 Å². The summed E-state index contributed by atoms with van der Waals surface area (Å²) in [5, 5.41) is 1.27. The average molecular weight is 195 g/mol. The van der Waals surface area contributed by atoms with Gasteiger partial charge in [0.15, 0.2) is 0 Å². The number of hydrogen-bond acceptors (Lipinski definition) is 1. The topological polar surface area (TPSA) is 3.24 Å². The molecule has 0 spiro atoms. The molecule has 0 aliphatic rings. The van der Waals surface area contributed by atoms with E-state index in [0.29, 0.717) is 0 Å². The van der Waals surface area contributed by atoms with Gasteiger partial charge in [-0.1, -0.05) is 38.1 Å². The molecule has 0 amide bonds. The standard InChI is InChI=1S/C11H18NP/c1-3-12(4-2)9-10-6-5-7-11(13)8-10/h5-8H,3-4,9,13H2,1-2H3. The minimum absolute atomic E-state index is 1.06. The van der Waals surface area contributed by atoms with Gasteiger partial charge in [-0.3, -0.25) is 4.90 Å². The van der Waals surface area contributed by atoms with E-state index in [9.17, 15) is 0 Å². The van der Waals surface area contributed by atoms with Crippen molar-refractivity contribution in [3.05, 3.63) is 29.8 Å². The molecular weight excluding hydrogens is 177 g/mol. The summed E-state index contributed by atoms with van der Waals surface area (Å²) < 4.78 is 0. The second kappa shape index (κ2) is 5.36. The SMILES string of the molecule is CCN(CC)Cc1cccc(P)c1. The number of rotatable bonds is 4. The highest BCUT2D eigenvalue weighted by atomic mass is 31.0. The summed E-state index contributed by atoms with van der Waals surface area (Å²) in [4.78, 5) is 2.42. The summed E-state index contributed by atoms with van der Waals surface area (Å²) in [6, 6.07) is 8.63. The molecule has 0 N–H and O–H groups in total. The molecule has 0 heterocycles.